The lowest BCUT2D eigenvalue weighted by molar-refractivity contribution is 0.254. The first-order chi connectivity index (χ1) is 10.1. The van der Waals surface area contributed by atoms with E-state index in [1.807, 2.05) is 7.05 Å². The van der Waals surface area contributed by atoms with E-state index in [-0.39, 0.29) is 12.1 Å². The van der Waals surface area contributed by atoms with Gasteiger partial charge >= 0.3 is 0 Å². The second kappa shape index (κ2) is 5.82. The number of rotatable bonds is 3. The molecule has 0 bridgehead atoms. The standard InChI is InChI=1S/C18H20BrNO/c1-11-4-6-15(19)10-16(11)18(20-3)13-5-7-17-14(9-13)8-12(2)21-17/h4-7,9-10,12,18,20H,8H2,1-3H3. The predicted molar refractivity (Wildman–Crippen MR) is 90.0 cm³/mol. The summed E-state index contributed by atoms with van der Waals surface area (Å²) >= 11 is 3.58. The summed E-state index contributed by atoms with van der Waals surface area (Å²) in [5.74, 6) is 1.03. The molecule has 2 aromatic rings. The van der Waals surface area contributed by atoms with Crippen LogP contribution in [0.4, 0.5) is 0 Å². The van der Waals surface area contributed by atoms with Gasteiger partial charge in [-0.25, -0.2) is 0 Å². The monoisotopic (exact) mass is 345 g/mol. The van der Waals surface area contributed by atoms with Gasteiger partial charge < -0.3 is 10.1 Å². The highest BCUT2D eigenvalue weighted by Gasteiger charge is 2.22. The SMILES string of the molecule is CNC(c1ccc2c(c1)CC(C)O2)c1cc(Br)ccc1C. The van der Waals surface area contributed by atoms with Crippen LogP contribution < -0.4 is 10.1 Å². The molecule has 2 unspecified atom stereocenters. The van der Waals surface area contributed by atoms with Gasteiger partial charge in [0, 0.05) is 10.9 Å². The molecule has 110 valence electrons. The Bertz CT molecular complexity index is 668. The summed E-state index contributed by atoms with van der Waals surface area (Å²) < 4.78 is 6.91. The van der Waals surface area contributed by atoms with E-state index in [4.69, 9.17) is 4.74 Å². The molecule has 21 heavy (non-hydrogen) atoms. The second-order valence-corrected chi connectivity index (χ2v) is 6.64. The maximum absolute atomic E-state index is 5.80. The van der Waals surface area contributed by atoms with Crippen molar-refractivity contribution >= 4 is 15.9 Å². The van der Waals surface area contributed by atoms with Crippen LogP contribution in [0.1, 0.15) is 35.2 Å². The number of benzene rings is 2. The number of aryl methyl sites for hydroxylation is 1. The third-order valence-corrected chi connectivity index (χ3v) is 4.59. The van der Waals surface area contributed by atoms with Gasteiger partial charge in [-0.2, -0.15) is 0 Å². The Morgan fingerprint density at radius 3 is 2.81 bits per heavy atom. The van der Waals surface area contributed by atoms with E-state index in [2.05, 4.69) is 71.5 Å². The summed E-state index contributed by atoms with van der Waals surface area (Å²) in [5.41, 5.74) is 5.20. The molecule has 0 amide bonds. The van der Waals surface area contributed by atoms with Crippen LogP contribution in [0.3, 0.4) is 0 Å². The van der Waals surface area contributed by atoms with Crippen LogP contribution in [0.5, 0.6) is 5.75 Å². The Labute approximate surface area is 134 Å². The molecule has 0 spiro atoms. The van der Waals surface area contributed by atoms with E-state index < -0.39 is 0 Å². The summed E-state index contributed by atoms with van der Waals surface area (Å²) in [5, 5.41) is 3.44. The number of nitrogens with one attached hydrogen (secondary N) is 1. The molecule has 1 heterocycles. The van der Waals surface area contributed by atoms with E-state index in [1.165, 1.54) is 22.3 Å². The zero-order valence-corrected chi connectivity index (χ0v) is 14.2. The van der Waals surface area contributed by atoms with Gasteiger partial charge in [0.2, 0.25) is 0 Å². The summed E-state index contributed by atoms with van der Waals surface area (Å²) in [7, 11) is 2.01. The van der Waals surface area contributed by atoms with Crippen molar-refractivity contribution in [3.8, 4) is 5.75 Å². The van der Waals surface area contributed by atoms with Crippen molar-refractivity contribution in [2.45, 2.75) is 32.4 Å². The van der Waals surface area contributed by atoms with Crippen molar-refractivity contribution in [1.29, 1.82) is 0 Å². The number of fused-ring (bicyclic) bond motifs is 1. The molecule has 0 saturated carbocycles. The third kappa shape index (κ3) is 2.85. The fourth-order valence-electron chi connectivity index (χ4n) is 3.05. The first-order valence-corrected chi connectivity index (χ1v) is 8.10. The van der Waals surface area contributed by atoms with Gasteiger partial charge in [-0.15, -0.1) is 0 Å². The normalized spacial score (nSPS) is 18.2. The fraction of sp³-hybridized carbons (Fsp3) is 0.333. The first kappa shape index (κ1) is 14.6. The molecular weight excluding hydrogens is 326 g/mol. The van der Waals surface area contributed by atoms with Gasteiger partial charge in [0.05, 0.1) is 6.04 Å². The lowest BCUT2D eigenvalue weighted by Gasteiger charge is -2.20. The molecule has 2 atom stereocenters. The van der Waals surface area contributed by atoms with E-state index in [9.17, 15) is 0 Å². The van der Waals surface area contributed by atoms with Crippen molar-refractivity contribution in [3.05, 3.63) is 63.1 Å². The van der Waals surface area contributed by atoms with Crippen LogP contribution in [0.15, 0.2) is 40.9 Å². The highest BCUT2D eigenvalue weighted by molar-refractivity contribution is 9.10. The molecule has 0 saturated heterocycles. The molecule has 0 aliphatic carbocycles. The maximum Gasteiger partial charge on any atom is 0.123 e. The molecule has 0 aromatic heterocycles. The highest BCUT2D eigenvalue weighted by Crippen LogP contribution is 2.34. The molecule has 1 N–H and O–H groups in total. The molecule has 1 aliphatic heterocycles. The minimum atomic E-state index is 0.198. The van der Waals surface area contributed by atoms with Crippen LogP contribution in [0.2, 0.25) is 0 Å². The lowest BCUT2D eigenvalue weighted by Crippen LogP contribution is -2.18. The van der Waals surface area contributed by atoms with Gasteiger partial charge in [0.1, 0.15) is 11.9 Å². The van der Waals surface area contributed by atoms with Gasteiger partial charge in [-0.3, -0.25) is 0 Å². The number of halogens is 1. The molecule has 2 aromatic carbocycles. The minimum absolute atomic E-state index is 0.198. The molecule has 0 fully saturated rings. The molecule has 3 heteroatoms. The van der Waals surface area contributed by atoms with Crippen LogP contribution in [-0.4, -0.2) is 13.2 Å². The second-order valence-electron chi connectivity index (χ2n) is 5.72. The van der Waals surface area contributed by atoms with E-state index >= 15 is 0 Å². The molecule has 3 rings (SSSR count). The maximum atomic E-state index is 5.80. The molecule has 0 radical (unpaired) electrons. The van der Waals surface area contributed by atoms with E-state index in [1.54, 1.807) is 0 Å². The zero-order chi connectivity index (χ0) is 15.0. The van der Waals surface area contributed by atoms with Crippen LogP contribution in [0, 0.1) is 6.92 Å². The van der Waals surface area contributed by atoms with Gasteiger partial charge in [0.25, 0.3) is 0 Å². The summed E-state index contributed by atoms with van der Waals surface area (Å²) in [6.07, 6.45) is 1.28. The average molecular weight is 346 g/mol. The Morgan fingerprint density at radius 2 is 2.05 bits per heavy atom. The quantitative estimate of drug-likeness (QED) is 0.890. The Kier molecular flexibility index (Phi) is 4.05. The average Bonchev–Trinajstić information content (AvgIpc) is 2.83. The third-order valence-electron chi connectivity index (χ3n) is 4.09. The van der Waals surface area contributed by atoms with E-state index in [0.717, 1.165) is 16.6 Å². The van der Waals surface area contributed by atoms with Crippen molar-refractivity contribution < 1.29 is 4.74 Å². The van der Waals surface area contributed by atoms with Crippen molar-refractivity contribution in [2.24, 2.45) is 0 Å². The number of hydrogen-bond acceptors (Lipinski definition) is 2. The van der Waals surface area contributed by atoms with Crippen molar-refractivity contribution in [1.82, 2.24) is 5.32 Å². The minimum Gasteiger partial charge on any atom is -0.490 e. The summed E-state index contributed by atoms with van der Waals surface area (Å²) in [4.78, 5) is 0. The number of hydrogen-bond donors (Lipinski definition) is 1. The van der Waals surface area contributed by atoms with Crippen LogP contribution in [0.25, 0.3) is 0 Å². The molecule has 1 aliphatic rings. The van der Waals surface area contributed by atoms with Gasteiger partial charge in [-0.1, -0.05) is 34.1 Å². The topological polar surface area (TPSA) is 21.3 Å². The van der Waals surface area contributed by atoms with Gasteiger partial charge in [-0.05, 0) is 61.3 Å². The largest absolute Gasteiger partial charge is 0.490 e. The fourth-order valence-corrected chi connectivity index (χ4v) is 3.42. The smallest absolute Gasteiger partial charge is 0.123 e. The van der Waals surface area contributed by atoms with E-state index in [0.29, 0.717) is 0 Å². The summed E-state index contributed by atoms with van der Waals surface area (Å²) in [6, 6.07) is 13.2. The van der Waals surface area contributed by atoms with Crippen LogP contribution in [-0.2, 0) is 6.42 Å². The lowest BCUT2D eigenvalue weighted by atomic mass is 9.93. The zero-order valence-electron chi connectivity index (χ0n) is 12.6. The Balaban J connectivity index is 2.01. The molecule has 2 nitrogen and oxygen atoms in total. The predicted octanol–water partition coefficient (Wildman–Crippen LogP) is 4.39. The summed E-state index contributed by atoms with van der Waals surface area (Å²) in [6.45, 7) is 4.28. The highest BCUT2D eigenvalue weighted by atomic mass is 79.9. The van der Waals surface area contributed by atoms with Crippen molar-refractivity contribution in [2.75, 3.05) is 7.05 Å². The number of ether oxygens (including phenoxy) is 1. The molecular formula is C18H20BrNO. The van der Waals surface area contributed by atoms with Gasteiger partial charge in [0.15, 0.2) is 0 Å². The Morgan fingerprint density at radius 1 is 1.24 bits per heavy atom. The van der Waals surface area contributed by atoms with Crippen LogP contribution >= 0.6 is 15.9 Å². The Hall–Kier alpha value is -1.32. The first-order valence-electron chi connectivity index (χ1n) is 7.31. The van der Waals surface area contributed by atoms with Crippen molar-refractivity contribution in [3.63, 3.8) is 0 Å².